The Morgan fingerprint density at radius 1 is 1.33 bits per heavy atom. The minimum Gasteiger partial charge on any atom is -0.506 e. The molecule has 5 bridgehead atoms. The van der Waals surface area contributed by atoms with Crippen molar-refractivity contribution in [2.45, 2.75) is 43.3 Å². The molecular weight excluding hydrogens is 300 g/mol. The molecule has 1 N–H and O–H groups in total. The van der Waals surface area contributed by atoms with Crippen LogP contribution in [-0.4, -0.2) is 47.5 Å². The van der Waals surface area contributed by atoms with E-state index in [0.717, 1.165) is 30.6 Å². The van der Waals surface area contributed by atoms with Crippen LogP contribution in [0.4, 0.5) is 5.69 Å². The lowest BCUT2D eigenvalue weighted by atomic mass is 9.65. The van der Waals surface area contributed by atoms with E-state index in [-0.39, 0.29) is 12.0 Å². The lowest BCUT2D eigenvalue weighted by molar-refractivity contribution is -0.126. The number of benzene rings is 1. The lowest BCUT2D eigenvalue weighted by Crippen LogP contribution is -2.68. The highest BCUT2D eigenvalue weighted by molar-refractivity contribution is 6.02. The van der Waals surface area contributed by atoms with Gasteiger partial charge < -0.3 is 10.0 Å². The molecule has 0 amide bonds. The zero-order valence-electron chi connectivity index (χ0n) is 14.1. The number of phenolic OH excluding ortho intramolecular Hbond substituents is 1. The maximum Gasteiger partial charge on any atom is 0.150 e. The van der Waals surface area contributed by atoms with Crippen LogP contribution >= 0.6 is 0 Å². The Labute approximate surface area is 141 Å². The molecule has 4 heteroatoms. The van der Waals surface area contributed by atoms with Gasteiger partial charge in [-0.25, -0.2) is 0 Å². The van der Waals surface area contributed by atoms with Crippen molar-refractivity contribution in [3.63, 3.8) is 0 Å². The van der Waals surface area contributed by atoms with E-state index in [0.29, 0.717) is 29.5 Å². The Balaban J connectivity index is 1.64. The van der Waals surface area contributed by atoms with E-state index in [2.05, 4.69) is 35.9 Å². The third-order valence-corrected chi connectivity index (χ3v) is 7.82. The van der Waals surface area contributed by atoms with Gasteiger partial charge in [0.2, 0.25) is 0 Å². The Bertz CT molecular complexity index is 831. The lowest BCUT2D eigenvalue weighted by Gasteiger charge is -2.58. The van der Waals surface area contributed by atoms with Gasteiger partial charge in [-0.1, -0.05) is 23.8 Å². The van der Waals surface area contributed by atoms with Crippen molar-refractivity contribution in [3.8, 4) is 5.75 Å². The van der Waals surface area contributed by atoms with Gasteiger partial charge >= 0.3 is 0 Å². The van der Waals surface area contributed by atoms with Gasteiger partial charge in [-0.2, -0.15) is 0 Å². The Morgan fingerprint density at radius 2 is 2.17 bits per heavy atom. The molecule has 1 aliphatic carbocycles. The summed E-state index contributed by atoms with van der Waals surface area (Å²) >= 11 is 0. The number of Topliss-reactive ketones (excluding diaryl/α,β-unsaturated/α-hetero) is 1. The van der Waals surface area contributed by atoms with E-state index in [4.69, 9.17) is 0 Å². The van der Waals surface area contributed by atoms with Crippen molar-refractivity contribution < 1.29 is 9.90 Å². The van der Waals surface area contributed by atoms with Crippen molar-refractivity contribution in [1.29, 1.82) is 0 Å². The van der Waals surface area contributed by atoms with Crippen LogP contribution in [0.2, 0.25) is 0 Å². The van der Waals surface area contributed by atoms with Crippen LogP contribution in [-0.2, 0) is 10.2 Å². The number of phenols is 1. The molecule has 5 fully saturated rings. The second-order valence-corrected chi connectivity index (χ2v) is 8.31. The van der Waals surface area contributed by atoms with E-state index in [1.165, 1.54) is 5.57 Å². The fraction of sp³-hybridized carbons (Fsp3) is 0.550. The number of nitrogens with zero attached hydrogens (tertiary/aromatic N) is 2. The number of piperidine rings is 4. The van der Waals surface area contributed by atoms with Crippen LogP contribution in [0.1, 0.15) is 25.3 Å². The van der Waals surface area contributed by atoms with E-state index in [1.807, 2.05) is 6.07 Å². The van der Waals surface area contributed by atoms with E-state index >= 15 is 0 Å². The van der Waals surface area contributed by atoms with Crippen LogP contribution in [0.15, 0.2) is 29.8 Å². The number of anilines is 1. The molecule has 4 saturated heterocycles. The molecule has 5 heterocycles. The Hall–Kier alpha value is -1.81. The number of carbonyl (C=O) groups excluding carboxylic acids is 1. The van der Waals surface area contributed by atoms with Crippen molar-refractivity contribution in [3.05, 3.63) is 35.4 Å². The summed E-state index contributed by atoms with van der Waals surface area (Å²) in [5, 5.41) is 10.5. The predicted octanol–water partition coefficient (Wildman–Crippen LogP) is 2.07. The average molecular weight is 322 g/mol. The van der Waals surface area contributed by atoms with Crippen molar-refractivity contribution >= 4 is 11.5 Å². The monoisotopic (exact) mass is 322 g/mol. The van der Waals surface area contributed by atoms with Crippen LogP contribution in [0, 0.1) is 11.8 Å². The third kappa shape index (κ3) is 1.13. The molecular formula is C20H22N2O2. The number of allylic oxidation sites excluding steroid dienone is 1. The summed E-state index contributed by atoms with van der Waals surface area (Å²) in [7, 11) is 2.07. The van der Waals surface area contributed by atoms with Gasteiger partial charge in [0.05, 0.1) is 17.1 Å². The highest BCUT2D eigenvalue weighted by Gasteiger charge is 2.74. The number of aromatic hydroxyl groups is 1. The first-order valence-electron chi connectivity index (χ1n) is 9.10. The molecule has 124 valence electrons. The summed E-state index contributed by atoms with van der Waals surface area (Å²) in [5.74, 6) is 1.37. The second-order valence-electron chi connectivity index (χ2n) is 8.31. The standard InChI is InChI=1S/C20H22N2O2/c1-3-10-9-22-13-7-11(10)16-14(22)8-20(19(16)24)12-5-4-6-15(23)17(12)21(2)18(13)20/h3-6,11,13-14,16,18,23H,7-9H2,1-2H3/t11-,13-,14-,16-,18-,20-/m0/s1. The predicted molar refractivity (Wildman–Crippen MR) is 91.2 cm³/mol. The zero-order chi connectivity index (χ0) is 16.4. The maximum atomic E-state index is 13.8. The van der Waals surface area contributed by atoms with Crippen LogP contribution in [0.25, 0.3) is 0 Å². The molecule has 1 unspecified atom stereocenters. The molecule has 7 atom stereocenters. The van der Waals surface area contributed by atoms with Crippen LogP contribution in [0.3, 0.4) is 0 Å². The molecule has 4 nitrogen and oxygen atoms in total. The number of para-hydroxylation sites is 1. The highest BCUT2D eigenvalue weighted by atomic mass is 16.3. The second kappa shape index (κ2) is 3.88. The largest absolute Gasteiger partial charge is 0.506 e. The highest BCUT2D eigenvalue weighted by Crippen LogP contribution is 2.67. The maximum absolute atomic E-state index is 13.8. The summed E-state index contributed by atoms with van der Waals surface area (Å²) < 4.78 is 0. The van der Waals surface area contributed by atoms with Gasteiger partial charge in [0.15, 0.2) is 5.78 Å². The van der Waals surface area contributed by atoms with Crippen molar-refractivity contribution in [1.82, 2.24) is 4.90 Å². The summed E-state index contributed by atoms with van der Waals surface area (Å²) in [6, 6.07) is 6.76. The molecule has 5 aliphatic heterocycles. The number of fused-ring (bicyclic) bond motifs is 2. The minimum absolute atomic E-state index is 0.160. The van der Waals surface area contributed by atoms with Gasteiger partial charge in [-0.05, 0) is 37.3 Å². The third-order valence-electron chi connectivity index (χ3n) is 7.82. The molecule has 1 spiro atoms. The molecule has 1 aromatic carbocycles. The summed E-state index contributed by atoms with van der Waals surface area (Å²) in [6.45, 7) is 3.15. The van der Waals surface area contributed by atoms with Crippen LogP contribution < -0.4 is 4.90 Å². The average Bonchev–Trinajstić information content (AvgIpc) is 2.98. The summed E-state index contributed by atoms with van der Waals surface area (Å²) in [5.41, 5.74) is 3.06. The summed E-state index contributed by atoms with van der Waals surface area (Å²) in [4.78, 5) is 18.6. The minimum atomic E-state index is -0.392. The zero-order valence-corrected chi connectivity index (χ0v) is 14.1. The Kier molecular flexibility index (Phi) is 2.18. The first kappa shape index (κ1) is 13.5. The number of likely N-dealkylation sites (N-methyl/N-ethyl adjacent to an activating group) is 1. The number of rotatable bonds is 0. The smallest absolute Gasteiger partial charge is 0.150 e. The normalized spacial score (nSPS) is 48.3. The number of hydrogen-bond acceptors (Lipinski definition) is 4. The van der Waals surface area contributed by atoms with E-state index in [1.54, 1.807) is 6.07 Å². The molecule has 7 rings (SSSR count). The SMILES string of the molecule is CC=C1CN2[C@H]3C[C@@]45C(=O)[C@H]3[C@H]1C[C@H]2[C@@H]4N(C)c1c(O)cccc15. The summed E-state index contributed by atoms with van der Waals surface area (Å²) in [6.07, 6.45) is 4.27. The molecule has 1 aromatic rings. The first-order valence-corrected chi connectivity index (χ1v) is 9.10. The molecule has 0 radical (unpaired) electrons. The van der Waals surface area contributed by atoms with E-state index in [9.17, 15) is 9.90 Å². The molecule has 0 aromatic heterocycles. The topological polar surface area (TPSA) is 43.8 Å². The molecule has 24 heavy (non-hydrogen) atoms. The number of ketones is 1. The van der Waals surface area contributed by atoms with Gasteiger partial charge in [0.25, 0.3) is 0 Å². The molecule has 1 saturated carbocycles. The first-order chi connectivity index (χ1) is 11.6. The fourth-order valence-electron chi connectivity index (χ4n) is 7.14. The molecule has 6 aliphatic rings. The van der Waals surface area contributed by atoms with Gasteiger partial charge in [-0.3, -0.25) is 9.69 Å². The van der Waals surface area contributed by atoms with E-state index < -0.39 is 5.41 Å². The van der Waals surface area contributed by atoms with Gasteiger partial charge in [-0.15, -0.1) is 0 Å². The number of hydrogen-bond donors (Lipinski definition) is 1. The van der Waals surface area contributed by atoms with Crippen molar-refractivity contribution in [2.75, 3.05) is 18.5 Å². The quantitative estimate of drug-likeness (QED) is 0.743. The van der Waals surface area contributed by atoms with Gasteiger partial charge in [0, 0.05) is 31.6 Å². The number of carbonyl (C=O) groups is 1. The van der Waals surface area contributed by atoms with Gasteiger partial charge in [0.1, 0.15) is 5.75 Å². The fourth-order valence-corrected chi connectivity index (χ4v) is 7.14. The Morgan fingerprint density at radius 3 is 2.96 bits per heavy atom. The van der Waals surface area contributed by atoms with Crippen LogP contribution in [0.5, 0.6) is 5.75 Å². The van der Waals surface area contributed by atoms with Crippen molar-refractivity contribution in [2.24, 2.45) is 11.8 Å².